The summed E-state index contributed by atoms with van der Waals surface area (Å²) in [6.07, 6.45) is 3.31. The van der Waals surface area contributed by atoms with Crippen molar-refractivity contribution in [3.05, 3.63) is 34.9 Å². The predicted molar refractivity (Wildman–Crippen MR) is 120 cm³/mol. The third kappa shape index (κ3) is 4.44. The molecular formula is C24H33N5O3. The number of fused-ring (bicyclic) bond motifs is 1. The Morgan fingerprint density at radius 3 is 2.56 bits per heavy atom. The zero-order valence-corrected chi connectivity index (χ0v) is 18.6. The highest BCUT2D eigenvalue weighted by Gasteiger charge is 2.39. The molecule has 4 heterocycles. The van der Waals surface area contributed by atoms with E-state index in [-0.39, 0.29) is 24.1 Å². The average Bonchev–Trinajstić information content (AvgIpc) is 3.13. The molecule has 0 spiro atoms. The molecule has 2 unspecified atom stereocenters. The molecule has 0 aliphatic carbocycles. The molecule has 0 radical (unpaired) electrons. The minimum atomic E-state index is -0.557. The number of piperazine rings is 1. The van der Waals surface area contributed by atoms with Gasteiger partial charge in [0.15, 0.2) is 0 Å². The molecule has 8 heteroatoms. The highest BCUT2D eigenvalue weighted by atomic mass is 16.2. The number of hydrogen-bond acceptors (Lipinski definition) is 6. The molecule has 2 atom stereocenters. The Kier molecular flexibility index (Phi) is 6.26. The van der Waals surface area contributed by atoms with Gasteiger partial charge in [0.1, 0.15) is 6.04 Å². The monoisotopic (exact) mass is 439 g/mol. The Bertz CT molecular complexity index is 890. The van der Waals surface area contributed by atoms with Crippen LogP contribution in [-0.4, -0.2) is 84.3 Å². The number of amides is 3. The smallest absolute Gasteiger partial charge is 0.255 e. The quantitative estimate of drug-likeness (QED) is 0.653. The molecule has 4 aliphatic rings. The lowest BCUT2D eigenvalue weighted by Crippen LogP contribution is -2.52. The van der Waals surface area contributed by atoms with Gasteiger partial charge in [-0.05, 0) is 55.5 Å². The normalized spacial score (nSPS) is 27.5. The standard InChI is InChI=1S/C24H33N5O3/c30-22-7-6-21(23(31)26-22)29-16-20-18(4-1-5-19(20)24(29)32)15-28-11-9-27(10-12-28)14-17-3-2-8-25-13-17/h1,4-5,17,21,25H,2-3,6-16H2,(H,26,30,31). The number of rotatable bonds is 5. The SMILES string of the molecule is O=C1CCC(N2Cc3c(CN4CCN(CC5CCCNC5)CC4)cccc3C2=O)C(=O)N1. The third-order valence-corrected chi connectivity index (χ3v) is 7.45. The highest BCUT2D eigenvalue weighted by Crippen LogP contribution is 2.30. The van der Waals surface area contributed by atoms with Gasteiger partial charge in [0, 0.05) is 57.8 Å². The summed E-state index contributed by atoms with van der Waals surface area (Å²) in [5, 5.41) is 5.89. The van der Waals surface area contributed by atoms with Crippen molar-refractivity contribution in [2.75, 3.05) is 45.8 Å². The summed E-state index contributed by atoms with van der Waals surface area (Å²) in [6.45, 7) is 9.03. The molecule has 8 nitrogen and oxygen atoms in total. The lowest BCUT2D eigenvalue weighted by molar-refractivity contribution is -0.136. The van der Waals surface area contributed by atoms with E-state index in [1.807, 2.05) is 12.1 Å². The van der Waals surface area contributed by atoms with Crippen LogP contribution >= 0.6 is 0 Å². The van der Waals surface area contributed by atoms with Gasteiger partial charge in [-0.1, -0.05) is 12.1 Å². The first-order valence-corrected chi connectivity index (χ1v) is 12.0. The zero-order valence-electron chi connectivity index (χ0n) is 18.6. The first-order valence-electron chi connectivity index (χ1n) is 12.0. The maximum Gasteiger partial charge on any atom is 0.255 e. The second-order valence-corrected chi connectivity index (χ2v) is 9.63. The van der Waals surface area contributed by atoms with Crippen LogP contribution in [0.15, 0.2) is 18.2 Å². The van der Waals surface area contributed by atoms with Crippen LogP contribution in [-0.2, 0) is 22.7 Å². The van der Waals surface area contributed by atoms with Crippen molar-refractivity contribution in [2.24, 2.45) is 5.92 Å². The van der Waals surface area contributed by atoms with Crippen LogP contribution in [0.5, 0.6) is 0 Å². The van der Waals surface area contributed by atoms with E-state index in [1.54, 1.807) is 4.90 Å². The summed E-state index contributed by atoms with van der Waals surface area (Å²) in [5.41, 5.74) is 2.92. The van der Waals surface area contributed by atoms with Gasteiger partial charge in [0.2, 0.25) is 11.8 Å². The molecule has 1 aromatic rings. The first-order chi connectivity index (χ1) is 15.6. The molecular weight excluding hydrogens is 406 g/mol. The van der Waals surface area contributed by atoms with Gasteiger partial charge in [-0.2, -0.15) is 0 Å². The van der Waals surface area contributed by atoms with E-state index in [9.17, 15) is 14.4 Å². The number of hydrogen-bond donors (Lipinski definition) is 2. The van der Waals surface area contributed by atoms with Crippen LogP contribution in [0.1, 0.15) is 47.2 Å². The summed E-state index contributed by atoms with van der Waals surface area (Å²) in [7, 11) is 0. The maximum absolute atomic E-state index is 13.0. The Labute approximate surface area is 189 Å². The number of carbonyl (C=O) groups excluding carboxylic acids is 3. The number of imide groups is 1. The lowest BCUT2D eigenvalue weighted by Gasteiger charge is -2.37. The number of benzene rings is 1. The summed E-state index contributed by atoms with van der Waals surface area (Å²) in [4.78, 5) is 43.6. The van der Waals surface area contributed by atoms with Gasteiger partial charge in [-0.25, -0.2) is 0 Å². The number of nitrogens with one attached hydrogen (secondary N) is 2. The molecule has 1 aromatic carbocycles. The Morgan fingerprint density at radius 2 is 1.81 bits per heavy atom. The predicted octanol–water partition coefficient (Wildman–Crippen LogP) is 0.565. The topological polar surface area (TPSA) is 85.0 Å². The van der Waals surface area contributed by atoms with Crippen LogP contribution in [0.4, 0.5) is 0 Å². The average molecular weight is 440 g/mol. The van der Waals surface area contributed by atoms with Crippen LogP contribution in [0.2, 0.25) is 0 Å². The number of nitrogens with zero attached hydrogens (tertiary/aromatic N) is 3. The van der Waals surface area contributed by atoms with E-state index in [4.69, 9.17) is 0 Å². The van der Waals surface area contributed by atoms with Gasteiger partial charge in [0.25, 0.3) is 5.91 Å². The second kappa shape index (κ2) is 9.29. The Balaban J connectivity index is 1.20. The number of carbonyl (C=O) groups is 3. The van der Waals surface area contributed by atoms with E-state index in [2.05, 4.69) is 26.5 Å². The molecule has 0 aromatic heterocycles. The Hall–Kier alpha value is -2.29. The molecule has 5 rings (SSSR count). The molecule has 172 valence electrons. The first kappa shape index (κ1) is 21.6. The minimum Gasteiger partial charge on any atom is -0.322 e. The fraction of sp³-hybridized carbons (Fsp3) is 0.625. The molecule has 2 N–H and O–H groups in total. The molecule has 0 bridgehead atoms. The summed E-state index contributed by atoms with van der Waals surface area (Å²) < 4.78 is 0. The highest BCUT2D eigenvalue weighted by molar-refractivity contribution is 6.05. The van der Waals surface area contributed by atoms with E-state index in [0.717, 1.165) is 57.3 Å². The second-order valence-electron chi connectivity index (χ2n) is 9.63. The van der Waals surface area contributed by atoms with Crippen molar-refractivity contribution in [3.63, 3.8) is 0 Å². The van der Waals surface area contributed by atoms with Crippen molar-refractivity contribution >= 4 is 17.7 Å². The molecule has 3 fully saturated rings. The van der Waals surface area contributed by atoms with Gasteiger partial charge in [-0.3, -0.25) is 24.6 Å². The molecule has 0 saturated carbocycles. The molecule has 3 amide bonds. The minimum absolute atomic E-state index is 0.0951. The fourth-order valence-corrected chi connectivity index (χ4v) is 5.61. The van der Waals surface area contributed by atoms with Crippen LogP contribution in [0.3, 0.4) is 0 Å². The molecule has 32 heavy (non-hydrogen) atoms. The largest absolute Gasteiger partial charge is 0.322 e. The maximum atomic E-state index is 13.0. The summed E-state index contributed by atoms with van der Waals surface area (Å²) in [5.74, 6) is 0.0717. The van der Waals surface area contributed by atoms with Gasteiger partial charge in [-0.15, -0.1) is 0 Å². The molecule has 4 aliphatic heterocycles. The van der Waals surface area contributed by atoms with Crippen molar-refractivity contribution in [1.82, 2.24) is 25.3 Å². The van der Waals surface area contributed by atoms with Gasteiger partial charge < -0.3 is 15.1 Å². The lowest BCUT2D eigenvalue weighted by atomic mass is 9.98. The third-order valence-electron chi connectivity index (χ3n) is 7.45. The van der Waals surface area contributed by atoms with Crippen molar-refractivity contribution in [1.29, 1.82) is 0 Å². The van der Waals surface area contributed by atoms with Crippen LogP contribution in [0.25, 0.3) is 0 Å². The van der Waals surface area contributed by atoms with Crippen LogP contribution in [0, 0.1) is 5.92 Å². The number of piperidine rings is 2. The van der Waals surface area contributed by atoms with E-state index in [1.165, 1.54) is 24.9 Å². The van der Waals surface area contributed by atoms with E-state index >= 15 is 0 Å². The van der Waals surface area contributed by atoms with Gasteiger partial charge >= 0.3 is 0 Å². The van der Waals surface area contributed by atoms with Crippen molar-refractivity contribution < 1.29 is 14.4 Å². The van der Waals surface area contributed by atoms with Gasteiger partial charge in [0.05, 0.1) is 0 Å². The summed E-state index contributed by atoms with van der Waals surface area (Å²) >= 11 is 0. The van der Waals surface area contributed by atoms with Crippen molar-refractivity contribution in [2.45, 2.75) is 44.8 Å². The van der Waals surface area contributed by atoms with E-state index < -0.39 is 6.04 Å². The summed E-state index contributed by atoms with van der Waals surface area (Å²) in [6, 6.07) is 5.37. The molecule has 3 saturated heterocycles. The zero-order chi connectivity index (χ0) is 22.1. The fourth-order valence-electron chi connectivity index (χ4n) is 5.61. The van der Waals surface area contributed by atoms with Crippen molar-refractivity contribution in [3.8, 4) is 0 Å². The van der Waals surface area contributed by atoms with Crippen LogP contribution < -0.4 is 10.6 Å². The van der Waals surface area contributed by atoms with E-state index in [0.29, 0.717) is 18.5 Å². The Morgan fingerprint density at radius 1 is 1.00 bits per heavy atom.